The molecule has 1 aliphatic rings. The highest BCUT2D eigenvalue weighted by Crippen LogP contribution is 2.10. The summed E-state index contributed by atoms with van der Waals surface area (Å²) in [4.78, 5) is 11.9. The largest absolute Gasteiger partial charge is 0.273 e. The molecule has 0 saturated heterocycles. The first-order valence-electron chi connectivity index (χ1n) is 4.94. The maximum absolute atomic E-state index is 4.18. The second-order valence-electron chi connectivity index (χ2n) is 3.35. The van der Waals surface area contributed by atoms with Gasteiger partial charge in [0.25, 0.3) is 0 Å². The Morgan fingerprint density at radius 2 is 2.25 bits per heavy atom. The third-order valence-electron chi connectivity index (χ3n) is 2.09. The van der Waals surface area contributed by atoms with Crippen LogP contribution in [0.4, 0.5) is 0 Å². The molecule has 0 aromatic carbocycles. The van der Waals surface area contributed by atoms with Gasteiger partial charge in [0.2, 0.25) is 0 Å². The quantitative estimate of drug-likeness (QED) is 0.632. The van der Waals surface area contributed by atoms with Crippen LogP contribution in [0.1, 0.15) is 6.92 Å². The Bertz CT molecular complexity index is 420. The molecule has 3 nitrogen and oxygen atoms in total. The van der Waals surface area contributed by atoms with Crippen LogP contribution in [-0.2, 0) is 0 Å². The number of nitrogens with zero attached hydrogens (tertiary/aromatic N) is 3. The van der Waals surface area contributed by atoms with Crippen LogP contribution in [0.15, 0.2) is 62.7 Å². The SMILES string of the molecule is C=N\C=C/C1=C(C)/C=C\C(=C)C=NC=NC1. The summed E-state index contributed by atoms with van der Waals surface area (Å²) in [5.74, 6) is 0. The van der Waals surface area contributed by atoms with E-state index >= 15 is 0 Å². The van der Waals surface area contributed by atoms with E-state index in [0.717, 1.165) is 16.7 Å². The first-order valence-corrected chi connectivity index (χ1v) is 4.94. The first-order chi connectivity index (χ1) is 7.74. The summed E-state index contributed by atoms with van der Waals surface area (Å²) in [6, 6.07) is 0. The van der Waals surface area contributed by atoms with Gasteiger partial charge in [-0.05, 0) is 36.4 Å². The highest BCUT2D eigenvalue weighted by Gasteiger charge is 1.96. The average Bonchev–Trinajstić information content (AvgIpc) is 2.29. The predicted octanol–water partition coefficient (Wildman–Crippen LogP) is 2.74. The van der Waals surface area contributed by atoms with Gasteiger partial charge < -0.3 is 0 Å². The number of hydrogen-bond donors (Lipinski definition) is 0. The lowest BCUT2D eigenvalue weighted by Crippen LogP contribution is -1.91. The molecule has 3 heteroatoms. The van der Waals surface area contributed by atoms with Crippen molar-refractivity contribution in [2.24, 2.45) is 15.0 Å². The Labute approximate surface area is 96.0 Å². The summed E-state index contributed by atoms with van der Waals surface area (Å²) in [5, 5.41) is 0. The van der Waals surface area contributed by atoms with E-state index in [-0.39, 0.29) is 0 Å². The van der Waals surface area contributed by atoms with Crippen molar-refractivity contribution < 1.29 is 0 Å². The first kappa shape index (κ1) is 12.0. The van der Waals surface area contributed by atoms with E-state index in [1.165, 1.54) is 6.34 Å². The van der Waals surface area contributed by atoms with Crippen molar-refractivity contribution in [2.45, 2.75) is 6.92 Å². The minimum Gasteiger partial charge on any atom is -0.273 e. The molecule has 0 bridgehead atoms. The summed E-state index contributed by atoms with van der Waals surface area (Å²) in [5.41, 5.74) is 3.07. The van der Waals surface area contributed by atoms with Gasteiger partial charge in [0.15, 0.2) is 0 Å². The van der Waals surface area contributed by atoms with Crippen LogP contribution in [-0.4, -0.2) is 25.8 Å². The van der Waals surface area contributed by atoms with E-state index < -0.39 is 0 Å². The zero-order chi connectivity index (χ0) is 11.8. The standard InChI is InChI=1S/C13H15N3/c1-11-4-5-12(2)13(6-7-14-3)9-16-10-15-8-11/h4-8,10H,1,3,9H2,2H3/b5-4-,7-6-,13-12-,15-8?,16-10?. The third-order valence-corrected chi connectivity index (χ3v) is 2.09. The molecule has 1 heterocycles. The Morgan fingerprint density at radius 1 is 1.44 bits per heavy atom. The highest BCUT2D eigenvalue weighted by molar-refractivity contribution is 5.87. The topological polar surface area (TPSA) is 37.1 Å². The summed E-state index contributed by atoms with van der Waals surface area (Å²) in [6.45, 7) is 9.86. The van der Waals surface area contributed by atoms with E-state index in [1.54, 1.807) is 12.4 Å². The predicted molar refractivity (Wildman–Crippen MR) is 71.5 cm³/mol. The molecule has 16 heavy (non-hydrogen) atoms. The van der Waals surface area contributed by atoms with Crippen molar-refractivity contribution in [1.82, 2.24) is 0 Å². The molecule has 0 unspecified atom stereocenters. The molecule has 0 spiro atoms. The van der Waals surface area contributed by atoms with Crippen LogP contribution in [0.25, 0.3) is 0 Å². The van der Waals surface area contributed by atoms with Crippen molar-refractivity contribution in [3.63, 3.8) is 0 Å². The van der Waals surface area contributed by atoms with Crippen LogP contribution < -0.4 is 0 Å². The number of rotatable bonds is 2. The molecule has 0 amide bonds. The lowest BCUT2D eigenvalue weighted by molar-refractivity contribution is 1.15. The smallest absolute Gasteiger partial charge is 0.110 e. The second-order valence-corrected chi connectivity index (χ2v) is 3.35. The normalized spacial score (nSPS) is 23.7. The maximum Gasteiger partial charge on any atom is 0.110 e. The minimum atomic E-state index is 0.589. The van der Waals surface area contributed by atoms with Crippen molar-refractivity contribution in [1.29, 1.82) is 0 Å². The van der Waals surface area contributed by atoms with E-state index in [0.29, 0.717) is 6.54 Å². The van der Waals surface area contributed by atoms with E-state index in [2.05, 4.69) is 28.3 Å². The fraction of sp³-hybridized carbons (Fsp3) is 0.154. The molecule has 0 aliphatic carbocycles. The van der Waals surface area contributed by atoms with Crippen LogP contribution in [0, 0.1) is 0 Å². The molecule has 1 aliphatic heterocycles. The molecule has 0 fully saturated rings. The van der Waals surface area contributed by atoms with Gasteiger partial charge in [-0.2, -0.15) is 0 Å². The molecule has 0 saturated carbocycles. The molecule has 82 valence electrons. The number of allylic oxidation sites excluding steroid dienone is 4. The van der Waals surface area contributed by atoms with Crippen LogP contribution in [0.5, 0.6) is 0 Å². The van der Waals surface area contributed by atoms with Gasteiger partial charge in [0, 0.05) is 12.4 Å². The summed E-state index contributed by atoms with van der Waals surface area (Å²) in [6.07, 6.45) is 10.7. The molecule has 0 N–H and O–H groups in total. The second kappa shape index (κ2) is 6.45. The van der Waals surface area contributed by atoms with Crippen LogP contribution in [0.3, 0.4) is 0 Å². The van der Waals surface area contributed by atoms with Gasteiger partial charge in [-0.1, -0.05) is 18.7 Å². The van der Waals surface area contributed by atoms with Crippen molar-refractivity contribution in [3.8, 4) is 0 Å². The lowest BCUT2D eigenvalue weighted by atomic mass is 10.1. The van der Waals surface area contributed by atoms with Gasteiger partial charge in [-0.15, -0.1) is 0 Å². The summed E-state index contributed by atoms with van der Waals surface area (Å²) in [7, 11) is 0. The monoisotopic (exact) mass is 213 g/mol. The molecule has 0 radical (unpaired) electrons. The Hall–Kier alpha value is -2.03. The summed E-state index contributed by atoms with van der Waals surface area (Å²) >= 11 is 0. The van der Waals surface area contributed by atoms with Gasteiger partial charge in [-0.3, -0.25) is 9.98 Å². The fourth-order valence-corrected chi connectivity index (χ4v) is 1.15. The van der Waals surface area contributed by atoms with Crippen molar-refractivity contribution >= 4 is 19.3 Å². The Kier molecular flexibility index (Phi) is 4.86. The minimum absolute atomic E-state index is 0.589. The molecule has 0 atom stereocenters. The van der Waals surface area contributed by atoms with Gasteiger partial charge in [0.05, 0.1) is 6.54 Å². The Morgan fingerprint density at radius 3 is 3.00 bits per heavy atom. The zero-order valence-corrected chi connectivity index (χ0v) is 9.43. The molecule has 1 rings (SSSR count). The molecular weight excluding hydrogens is 198 g/mol. The van der Waals surface area contributed by atoms with E-state index in [1.807, 2.05) is 25.2 Å². The number of hydrogen-bond acceptors (Lipinski definition) is 3. The van der Waals surface area contributed by atoms with Crippen molar-refractivity contribution in [2.75, 3.05) is 6.54 Å². The zero-order valence-electron chi connectivity index (χ0n) is 9.43. The average molecular weight is 213 g/mol. The molecule has 0 aromatic heterocycles. The fourth-order valence-electron chi connectivity index (χ4n) is 1.15. The maximum atomic E-state index is 4.18. The van der Waals surface area contributed by atoms with E-state index in [9.17, 15) is 0 Å². The van der Waals surface area contributed by atoms with Gasteiger partial charge >= 0.3 is 0 Å². The van der Waals surface area contributed by atoms with Gasteiger partial charge in [-0.25, -0.2) is 4.99 Å². The molecule has 0 aromatic rings. The summed E-state index contributed by atoms with van der Waals surface area (Å²) < 4.78 is 0. The lowest BCUT2D eigenvalue weighted by Gasteiger charge is -2.02. The highest BCUT2D eigenvalue weighted by atomic mass is 14.8. The van der Waals surface area contributed by atoms with Crippen LogP contribution >= 0.6 is 0 Å². The van der Waals surface area contributed by atoms with Crippen LogP contribution in [0.2, 0.25) is 0 Å². The third kappa shape index (κ3) is 4.00. The van der Waals surface area contributed by atoms with Crippen molar-refractivity contribution in [3.05, 3.63) is 47.7 Å². The molecular formula is C13H15N3. The Balaban J connectivity index is 3.01. The van der Waals surface area contributed by atoms with E-state index in [4.69, 9.17) is 0 Å². The van der Waals surface area contributed by atoms with Gasteiger partial charge in [0.1, 0.15) is 6.34 Å². The number of aliphatic imine (C=N–C) groups is 3.